The van der Waals surface area contributed by atoms with Crippen LogP contribution < -0.4 is 0 Å². The maximum absolute atomic E-state index is 6.23. The Morgan fingerprint density at radius 3 is 2.38 bits per heavy atom. The average Bonchev–Trinajstić information content (AvgIpc) is 3.05. The monoisotopic (exact) mass is 292 g/mol. The van der Waals surface area contributed by atoms with Crippen molar-refractivity contribution in [1.82, 2.24) is 0 Å². The molecule has 0 aliphatic carbocycles. The largest absolute Gasteiger partial charge is 0.455 e. The predicted molar refractivity (Wildman–Crippen MR) is 86.0 cm³/mol. The topological polar surface area (TPSA) is 26.3 Å². The van der Waals surface area contributed by atoms with Crippen LogP contribution in [-0.2, 0) is 0 Å². The van der Waals surface area contributed by atoms with Crippen LogP contribution in [0.3, 0.4) is 0 Å². The molecular formula is C18H9ClO2. The van der Waals surface area contributed by atoms with Gasteiger partial charge in [0, 0.05) is 16.2 Å². The number of benzene rings is 3. The van der Waals surface area contributed by atoms with Crippen molar-refractivity contribution in [3.8, 4) is 0 Å². The van der Waals surface area contributed by atoms with Crippen molar-refractivity contribution >= 4 is 55.5 Å². The fraction of sp³-hybridized carbons (Fsp3) is 0. The van der Waals surface area contributed by atoms with E-state index < -0.39 is 0 Å². The molecule has 3 aromatic carbocycles. The minimum absolute atomic E-state index is 0.618. The smallest absolute Gasteiger partial charge is 0.154 e. The Hall–Kier alpha value is -2.45. The van der Waals surface area contributed by atoms with Crippen molar-refractivity contribution in [2.75, 3.05) is 0 Å². The van der Waals surface area contributed by atoms with E-state index in [0.717, 1.165) is 38.3 Å². The lowest BCUT2D eigenvalue weighted by Crippen LogP contribution is -1.69. The molecule has 0 amide bonds. The zero-order valence-corrected chi connectivity index (χ0v) is 11.6. The molecular weight excluding hydrogens is 284 g/mol. The lowest BCUT2D eigenvalue weighted by molar-refractivity contribution is 0.663. The molecule has 0 aliphatic rings. The lowest BCUT2D eigenvalue weighted by Gasteiger charge is -1.92. The molecule has 0 saturated heterocycles. The highest BCUT2D eigenvalue weighted by Crippen LogP contribution is 2.40. The first-order valence-corrected chi connectivity index (χ1v) is 7.12. The molecule has 0 spiro atoms. The Morgan fingerprint density at radius 2 is 1.43 bits per heavy atom. The summed E-state index contributed by atoms with van der Waals surface area (Å²) in [7, 11) is 0. The molecule has 100 valence electrons. The minimum Gasteiger partial charge on any atom is -0.455 e. The molecule has 5 rings (SSSR count). The van der Waals surface area contributed by atoms with Crippen molar-refractivity contribution in [2.24, 2.45) is 0 Å². The Morgan fingerprint density at radius 1 is 0.619 bits per heavy atom. The van der Waals surface area contributed by atoms with Gasteiger partial charge in [-0.05, 0) is 24.3 Å². The molecule has 5 aromatic rings. The molecule has 0 saturated carbocycles. The molecule has 21 heavy (non-hydrogen) atoms. The standard InChI is InChI=1S/C18H9ClO2/c19-13-6-3-5-12-16-15(21-17(12)13)9-8-11-10-4-1-2-7-14(10)20-18(11)16/h1-9H. The van der Waals surface area contributed by atoms with Gasteiger partial charge in [-0.25, -0.2) is 0 Å². The van der Waals surface area contributed by atoms with Crippen molar-refractivity contribution < 1.29 is 8.83 Å². The summed E-state index contributed by atoms with van der Waals surface area (Å²) in [6, 6.07) is 17.9. The first-order chi connectivity index (χ1) is 10.3. The minimum atomic E-state index is 0.618. The second-order valence-electron chi connectivity index (χ2n) is 5.13. The lowest BCUT2D eigenvalue weighted by atomic mass is 10.1. The van der Waals surface area contributed by atoms with E-state index in [1.165, 1.54) is 0 Å². The molecule has 0 atom stereocenters. The zero-order chi connectivity index (χ0) is 14.0. The van der Waals surface area contributed by atoms with Gasteiger partial charge in [0.2, 0.25) is 0 Å². The maximum Gasteiger partial charge on any atom is 0.154 e. The van der Waals surface area contributed by atoms with Crippen molar-refractivity contribution in [3.63, 3.8) is 0 Å². The van der Waals surface area contributed by atoms with Gasteiger partial charge in [0.1, 0.15) is 16.7 Å². The Balaban J connectivity index is 2.13. The van der Waals surface area contributed by atoms with Gasteiger partial charge in [0.25, 0.3) is 0 Å². The zero-order valence-electron chi connectivity index (χ0n) is 10.9. The van der Waals surface area contributed by atoms with Crippen molar-refractivity contribution in [1.29, 1.82) is 0 Å². The van der Waals surface area contributed by atoms with Crippen LogP contribution in [0.1, 0.15) is 0 Å². The number of hydrogen-bond donors (Lipinski definition) is 0. The molecule has 2 nitrogen and oxygen atoms in total. The summed E-state index contributed by atoms with van der Waals surface area (Å²) >= 11 is 6.23. The van der Waals surface area contributed by atoms with Gasteiger partial charge in [0.15, 0.2) is 5.58 Å². The molecule has 0 fully saturated rings. The van der Waals surface area contributed by atoms with Crippen LogP contribution in [0.5, 0.6) is 0 Å². The molecule has 2 aromatic heterocycles. The summed E-state index contributed by atoms with van der Waals surface area (Å²) in [5.74, 6) is 0. The summed E-state index contributed by atoms with van der Waals surface area (Å²) in [6.07, 6.45) is 0. The van der Waals surface area contributed by atoms with Crippen LogP contribution in [0.2, 0.25) is 5.02 Å². The fourth-order valence-corrected chi connectivity index (χ4v) is 3.24. The maximum atomic E-state index is 6.23. The van der Waals surface area contributed by atoms with Gasteiger partial charge in [0.05, 0.1) is 10.4 Å². The van der Waals surface area contributed by atoms with E-state index in [1.54, 1.807) is 0 Å². The highest BCUT2D eigenvalue weighted by Gasteiger charge is 2.16. The van der Waals surface area contributed by atoms with E-state index in [1.807, 2.05) is 48.5 Å². The molecule has 0 unspecified atom stereocenters. The molecule has 3 heteroatoms. The predicted octanol–water partition coefficient (Wildman–Crippen LogP) is 6.14. The van der Waals surface area contributed by atoms with E-state index in [4.69, 9.17) is 20.4 Å². The van der Waals surface area contributed by atoms with E-state index in [-0.39, 0.29) is 0 Å². The summed E-state index contributed by atoms with van der Waals surface area (Å²) in [6.45, 7) is 0. The Bertz CT molecular complexity index is 1150. The van der Waals surface area contributed by atoms with Gasteiger partial charge in [-0.1, -0.05) is 41.9 Å². The first kappa shape index (κ1) is 11.2. The second-order valence-corrected chi connectivity index (χ2v) is 5.54. The first-order valence-electron chi connectivity index (χ1n) is 6.74. The highest BCUT2D eigenvalue weighted by molar-refractivity contribution is 6.36. The van der Waals surface area contributed by atoms with E-state index in [2.05, 4.69) is 6.07 Å². The van der Waals surface area contributed by atoms with Gasteiger partial charge >= 0.3 is 0 Å². The molecule has 0 bridgehead atoms. The van der Waals surface area contributed by atoms with Gasteiger partial charge in [-0.2, -0.15) is 0 Å². The third-order valence-electron chi connectivity index (χ3n) is 3.96. The van der Waals surface area contributed by atoms with Crippen LogP contribution in [0.15, 0.2) is 63.4 Å². The highest BCUT2D eigenvalue weighted by atomic mass is 35.5. The molecule has 0 aliphatic heterocycles. The van der Waals surface area contributed by atoms with Gasteiger partial charge < -0.3 is 8.83 Å². The third-order valence-corrected chi connectivity index (χ3v) is 4.25. The Labute approximate surface area is 124 Å². The van der Waals surface area contributed by atoms with Crippen LogP contribution in [-0.4, -0.2) is 0 Å². The second kappa shape index (κ2) is 3.80. The van der Waals surface area contributed by atoms with Crippen molar-refractivity contribution in [2.45, 2.75) is 0 Å². The summed E-state index contributed by atoms with van der Waals surface area (Å²) in [4.78, 5) is 0. The Kier molecular flexibility index (Phi) is 2.04. The summed E-state index contributed by atoms with van der Waals surface area (Å²) in [5.41, 5.74) is 3.25. The molecule has 2 heterocycles. The number of para-hydroxylation sites is 2. The van der Waals surface area contributed by atoms with Crippen LogP contribution >= 0.6 is 11.6 Å². The van der Waals surface area contributed by atoms with Crippen molar-refractivity contribution in [3.05, 3.63) is 59.6 Å². The fourth-order valence-electron chi connectivity index (χ4n) is 3.03. The van der Waals surface area contributed by atoms with Gasteiger partial charge in [-0.15, -0.1) is 0 Å². The summed E-state index contributed by atoms with van der Waals surface area (Å²) in [5, 5.41) is 4.81. The van der Waals surface area contributed by atoms with E-state index >= 15 is 0 Å². The number of halogens is 1. The SMILES string of the molecule is Clc1cccc2c1oc1ccc3c4ccccc4oc3c12. The van der Waals surface area contributed by atoms with E-state index in [9.17, 15) is 0 Å². The molecule has 0 N–H and O–H groups in total. The number of furan rings is 2. The van der Waals surface area contributed by atoms with Gasteiger partial charge in [-0.3, -0.25) is 0 Å². The quantitative estimate of drug-likeness (QED) is 0.343. The average molecular weight is 293 g/mol. The normalized spacial score (nSPS) is 12.0. The van der Waals surface area contributed by atoms with Crippen LogP contribution in [0.4, 0.5) is 0 Å². The van der Waals surface area contributed by atoms with Crippen LogP contribution in [0, 0.1) is 0 Å². The summed E-state index contributed by atoms with van der Waals surface area (Å²) < 4.78 is 12.0. The van der Waals surface area contributed by atoms with Crippen LogP contribution in [0.25, 0.3) is 43.9 Å². The number of hydrogen-bond acceptors (Lipinski definition) is 2. The third kappa shape index (κ3) is 1.38. The number of fused-ring (bicyclic) bond motifs is 7. The van der Waals surface area contributed by atoms with E-state index in [0.29, 0.717) is 10.6 Å². The number of rotatable bonds is 0. The molecule has 0 radical (unpaired) electrons.